The lowest BCUT2D eigenvalue weighted by Gasteiger charge is -2.22. The Bertz CT molecular complexity index is 1090. The molecular weight excluding hydrogens is 376 g/mol. The third kappa shape index (κ3) is 4.64. The number of hydrogen-bond donors (Lipinski definition) is 1. The maximum atomic E-state index is 4.65. The summed E-state index contributed by atoms with van der Waals surface area (Å²) in [6.45, 7) is 0. The average molecular weight is 406 g/mol. The van der Waals surface area contributed by atoms with Gasteiger partial charge in [0.05, 0.1) is 11.9 Å². The molecule has 4 aromatic rings. The lowest BCUT2D eigenvalue weighted by molar-refractivity contribution is 0.442. The van der Waals surface area contributed by atoms with Crippen molar-refractivity contribution < 1.29 is 0 Å². The standard InChI is InChI=1S/C29H29N2/c1-3-13-23(14-4-1)26(19-22-11-7-8-12-22)20-25-17-9-10-18-27(25)28-21-30-29(31-28)24-15-5-2-6-16-24/h1-6,9,13-18,21-22,26H,7-8,11-12,19-20H2,(H,30,31). The van der Waals surface area contributed by atoms with Crippen molar-refractivity contribution in [1.82, 2.24) is 9.97 Å². The van der Waals surface area contributed by atoms with Crippen molar-refractivity contribution in [2.45, 2.75) is 44.4 Å². The molecule has 1 heterocycles. The summed E-state index contributed by atoms with van der Waals surface area (Å²) < 4.78 is 0. The van der Waals surface area contributed by atoms with Crippen LogP contribution in [0.3, 0.4) is 0 Å². The molecule has 5 rings (SSSR count). The summed E-state index contributed by atoms with van der Waals surface area (Å²) in [6, 6.07) is 31.1. The Hall–Kier alpha value is -3.13. The van der Waals surface area contributed by atoms with E-state index in [-0.39, 0.29) is 0 Å². The minimum absolute atomic E-state index is 0.543. The van der Waals surface area contributed by atoms with E-state index in [1.54, 1.807) is 0 Å². The topological polar surface area (TPSA) is 28.7 Å². The lowest BCUT2D eigenvalue weighted by Crippen LogP contribution is -2.09. The molecule has 1 aliphatic rings. The number of nitrogens with one attached hydrogen (secondary N) is 1. The first kappa shape index (κ1) is 19.8. The number of aromatic amines is 1. The van der Waals surface area contributed by atoms with Crippen LogP contribution in [0.4, 0.5) is 0 Å². The third-order valence-electron chi connectivity index (χ3n) is 6.70. The van der Waals surface area contributed by atoms with Gasteiger partial charge >= 0.3 is 0 Å². The van der Waals surface area contributed by atoms with Gasteiger partial charge in [0.1, 0.15) is 5.82 Å². The summed E-state index contributed by atoms with van der Waals surface area (Å²) in [5.41, 5.74) is 6.22. The van der Waals surface area contributed by atoms with E-state index in [0.717, 1.165) is 29.4 Å². The summed E-state index contributed by atoms with van der Waals surface area (Å²) in [4.78, 5) is 8.20. The molecule has 31 heavy (non-hydrogen) atoms. The van der Waals surface area contributed by atoms with Crippen LogP contribution in [0.15, 0.2) is 85.1 Å². The quantitative estimate of drug-likeness (QED) is 0.340. The molecule has 1 saturated carbocycles. The van der Waals surface area contributed by atoms with Gasteiger partial charge in [0.2, 0.25) is 0 Å². The monoisotopic (exact) mass is 405 g/mol. The number of nitrogens with zero attached hydrogens (tertiary/aromatic N) is 1. The smallest absolute Gasteiger partial charge is 0.137 e. The van der Waals surface area contributed by atoms with Gasteiger partial charge in [-0.05, 0) is 47.9 Å². The normalized spacial score (nSPS) is 15.2. The highest BCUT2D eigenvalue weighted by atomic mass is 14.9. The summed E-state index contributed by atoms with van der Waals surface area (Å²) in [6.07, 6.45) is 9.86. The number of hydrogen-bond acceptors (Lipinski definition) is 1. The molecule has 1 unspecified atom stereocenters. The van der Waals surface area contributed by atoms with Crippen molar-refractivity contribution in [2.24, 2.45) is 5.92 Å². The van der Waals surface area contributed by atoms with E-state index in [2.05, 4.69) is 70.6 Å². The van der Waals surface area contributed by atoms with Gasteiger partial charge in [-0.3, -0.25) is 0 Å². The van der Waals surface area contributed by atoms with Crippen molar-refractivity contribution in [3.05, 3.63) is 102 Å². The molecule has 1 aliphatic carbocycles. The lowest BCUT2D eigenvalue weighted by atomic mass is 9.82. The Morgan fingerprint density at radius 1 is 0.935 bits per heavy atom. The van der Waals surface area contributed by atoms with Crippen LogP contribution in [0.1, 0.15) is 49.1 Å². The Morgan fingerprint density at radius 3 is 2.45 bits per heavy atom. The van der Waals surface area contributed by atoms with Crippen LogP contribution in [-0.4, -0.2) is 9.97 Å². The first-order valence-corrected chi connectivity index (χ1v) is 11.5. The fraction of sp³-hybridized carbons (Fsp3) is 0.276. The maximum absolute atomic E-state index is 4.65. The van der Waals surface area contributed by atoms with Gasteiger partial charge in [0.15, 0.2) is 0 Å². The van der Waals surface area contributed by atoms with E-state index < -0.39 is 0 Å². The predicted octanol–water partition coefficient (Wildman–Crippen LogP) is 7.45. The van der Waals surface area contributed by atoms with Crippen LogP contribution < -0.4 is 0 Å². The van der Waals surface area contributed by atoms with Crippen LogP contribution in [-0.2, 0) is 6.42 Å². The zero-order chi connectivity index (χ0) is 20.9. The summed E-state index contributed by atoms with van der Waals surface area (Å²) >= 11 is 0. The van der Waals surface area contributed by atoms with E-state index in [4.69, 9.17) is 0 Å². The van der Waals surface area contributed by atoms with Crippen molar-refractivity contribution in [3.8, 4) is 22.6 Å². The van der Waals surface area contributed by atoms with Crippen molar-refractivity contribution in [3.63, 3.8) is 0 Å². The number of benzene rings is 3. The highest BCUT2D eigenvalue weighted by molar-refractivity contribution is 5.67. The van der Waals surface area contributed by atoms with Crippen molar-refractivity contribution >= 4 is 0 Å². The summed E-state index contributed by atoms with van der Waals surface area (Å²) in [5.74, 6) is 2.32. The van der Waals surface area contributed by atoms with E-state index in [1.807, 2.05) is 30.5 Å². The highest BCUT2D eigenvalue weighted by Gasteiger charge is 2.23. The Kier molecular flexibility index (Phi) is 5.97. The van der Waals surface area contributed by atoms with Gasteiger partial charge in [-0.1, -0.05) is 98.5 Å². The van der Waals surface area contributed by atoms with Crippen molar-refractivity contribution in [2.75, 3.05) is 0 Å². The maximum Gasteiger partial charge on any atom is 0.137 e. The molecule has 0 amide bonds. The Labute approximate surface area is 185 Å². The molecule has 1 aromatic heterocycles. The predicted molar refractivity (Wildman–Crippen MR) is 128 cm³/mol. The first-order valence-electron chi connectivity index (χ1n) is 11.5. The van der Waals surface area contributed by atoms with Crippen LogP contribution in [0, 0.1) is 12.0 Å². The molecule has 1 atom stereocenters. The number of aromatic nitrogens is 2. The Balaban J connectivity index is 1.44. The first-order chi connectivity index (χ1) is 15.4. The van der Waals surface area contributed by atoms with Gasteiger partial charge in [-0.25, -0.2) is 4.98 Å². The third-order valence-corrected chi connectivity index (χ3v) is 6.70. The zero-order valence-corrected chi connectivity index (χ0v) is 17.9. The molecule has 2 heteroatoms. The van der Waals surface area contributed by atoms with E-state index in [9.17, 15) is 0 Å². The van der Waals surface area contributed by atoms with Gasteiger partial charge < -0.3 is 4.98 Å². The second-order valence-corrected chi connectivity index (χ2v) is 8.79. The van der Waals surface area contributed by atoms with E-state index in [0.29, 0.717) is 5.92 Å². The minimum atomic E-state index is 0.543. The molecule has 0 aliphatic heterocycles. The fourth-order valence-electron chi connectivity index (χ4n) is 5.07. The Morgan fingerprint density at radius 2 is 1.68 bits per heavy atom. The van der Waals surface area contributed by atoms with Crippen molar-refractivity contribution in [1.29, 1.82) is 0 Å². The summed E-state index contributed by atoms with van der Waals surface area (Å²) in [5, 5.41) is 0. The molecule has 0 bridgehead atoms. The number of imidazole rings is 1. The molecule has 0 spiro atoms. The fourth-order valence-corrected chi connectivity index (χ4v) is 5.07. The molecule has 3 aromatic carbocycles. The minimum Gasteiger partial charge on any atom is -0.338 e. The number of rotatable bonds is 7. The molecule has 1 N–H and O–H groups in total. The summed E-state index contributed by atoms with van der Waals surface area (Å²) in [7, 11) is 0. The number of H-pyrrole nitrogens is 1. The van der Waals surface area contributed by atoms with Crippen LogP contribution >= 0.6 is 0 Å². The van der Waals surface area contributed by atoms with E-state index >= 15 is 0 Å². The molecular formula is C29H29N2. The van der Waals surface area contributed by atoms with Crippen LogP contribution in [0.5, 0.6) is 0 Å². The molecule has 1 radical (unpaired) electrons. The van der Waals surface area contributed by atoms with Gasteiger partial charge in [0.25, 0.3) is 0 Å². The highest BCUT2D eigenvalue weighted by Crippen LogP contribution is 2.37. The van der Waals surface area contributed by atoms with Gasteiger partial charge in [0, 0.05) is 11.1 Å². The second kappa shape index (κ2) is 9.34. The molecule has 2 nitrogen and oxygen atoms in total. The average Bonchev–Trinajstić information content (AvgIpc) is 3.53. The van der Waals surface area contributed by atoms with Gasteiger partial charge in [-0.2, -0.15) is 0 Å². The van der Waals surface area contributed by atoms with Gasteiger partial charge in [-0.15, -0.1) is 0 Å². The molecule has 0 saturated heterocycles. The molecule has 155 valence electrons. The second-order valence-electron chi connectivity index (χ2n) is 8.79. The SMILES string of the molecule is [c]1ccc(CC(CC2CCCC2)c2ccccc2)c(-c2cnc(-c3ccccc3)[nH]2)c1. The molecule has 1 fully saturated rings. The van der Waals surface area contributed by atoms with Crippen LogP contribution in [0.25, 0.3) is 22.6 Å². The van der Waals surface area contributed by atoms with E-state index in [1.165, 1.54) is 48.8 Å². The zero-order valence-electron chi connectivity index (χ0n) is 17.9. The largest absolute Gasteiger partial charge is 0.338 e. The van der Waals surface area contributed by atoms with Crippen LogP contribution in [0.2, 0.25) is 0 Å².